The van der Waals surface area contributed by atoms with Crippen molar-refractivity contribution in [2.75, 3.05) is 7.05 Å². The summed E-state index contributed by atoms with van der Waals surface area (Å²) >= 11 is 7.17. The molecule has 1 atom stereocenters. The predicted octanol–water partition coefficient (Wildman–Crippen LogP) is 5.33. The quantitative estimate of drug-likeness (QED) is 0.736. The molecule has 0 fully saturated rings. The Balaban J connectivity index is 2.29. The molecule has 0 saturated carbocycles. The van der Waals surface area contributed by atoms with E-state index in [0.29, 0.717) is 6.04 Å². The minimum Gasteiger partial charge on any atom is -0.313 e. The van der Waals surface area contributed by atoms with Gasteiger partial charge in [0.25, 0.3) is 0 Å². The van der Waals surface area contributed by atoms with Crippen molar-refractivity contribution < 1.29 is 0 Å². The Labute approximate surface area is 138 Å². The molecule has 2 aromatic carbocycles. The van der Waals surface area contributed by atoms with E-state index in [1.54, 1.807) is 0 Å². The summed E-state index contributed by atoms with van der Waals surface area (Å²) in [7, 11) is 2.02. The number of likely N-dealkylation sites (N-methyl/N-ethyl adjacent to an activating group) is 1. The van der Waals surface area contributed by atoms with Crippen molar-refractivity contribution in [3.8, 4) is 0 Å². The molecule has 2 aromatic rings. The van der Waals surface area contributed by atoms with Crippen molar-refractivity contribution in [3.05, 3.63) is 67.6 Å². The minimum atomic E-state index is 0.329. The highest BCUT2D eigenvalue weighted by Gasteiger charge is 2.13. The monoisotopic (exact) mass is 395 g/mol. The van der Waals surface area contributed by atoms with Crippen LogP contribution in [0.25, 0.3) is 0 Å². The molecule has 0 heterocycles. The molecule has 1 unspecified atom stereocenters. The lowest BCUT2D eigenvalue weighted by atomic mass is 9.96. The molecule has 1 nitrogen and oxygen atoms in total. The van der Waals surface area contributed by atoms with E-state index in [1.165, 1.54) is 26.7 Å². The van der Waals surface area contributed by atoms with Gasteiger partial charge in [0.15, 0.2) is 0 Å². The summed E-state index contributed by atoms with van der Waals surface area (Å²) in [6.07, 6.45) is 0.983. The first-order chi connectivity index (χ1) is 9.51. The van der Waals surface area contributed by atoms with Crippen molar-refractivity contribution >= 4 is 31.9 Å². The van der Waals surface area contributed by atoms with Gasteiger partial charge in [-0.15, -0.1) is 0 Å². The lowest BCUT2D eigenvalue weighted by Crippen LogP contribution is -2.19. The number of nitrogens with one attached hydrogen (secondary N) is 1. The Morgan fingerprint density at radius 1 is 1.05 bits per heavy atom. The van der Waals surface area contributed by atoms with Crippen molar-refractivity contribution in [1.82, 2.24) is 5.32 Å². The standard InChI is InChI=1S/C17H19Br2N/c1-11-7-14(8-12(2)17(11)19)16(20-3)10-13-5-4-6-15(18)9-13/h4-9,16,20H,10H2,1-3H3. The topological polar surface area (TPSA) is 12.0 Å². The molecule has 0 radical (unpaired) electrons. The van der Waals surface area contributed by atoms with Crippen LogP contribution in [-0.4, -0.2) is 7.05 Å². The summed E-state index contributed by atoms with van der Waals surface area (Å²) in [5.41, 5.74) is 5.24. The lowest BCUT2D eigenvalue weighted by molar-refractivity contribution is 0.591. The van der Waals surface area contributed by atoms with Crippen molar-refractivity contribution in [3.63, 3.8) is 0 Å². The van der Waals surface area contributed by atoms with Crippen molar-refractivity contribution in [2.24, 2.45) is 0 Å². The third-order valence-electron chi connectivity index (χ3n) is 3.54. The van der Waals surface area contributed by atoms with Gasteiger partial charge in [-0.1, -0.05) is 56.1 Å². The molecule has 0 aliphatic rings. The fourth-order valence-electron chi connectivity index (χ4n) is 2.47. The number of aryl methyl sites for hydroxylation is 2. The Morgan fingerprint density at radius 2 is 1.70 bits per heavy atom. The van der Waals surface area contributed by atoms with Gasteiger partial charge in [0.1, 0.15) is 0 Å². The summed E-state index contributed by atoms with van der Waals surface area (Å²) in [5.74, 6) is 0. The van der Waals surface area contributed by atoms with E-state index in [0.717, 1.165) is 10.9 Å². The lowest BCUT2D eigenvalue weighted by Gasteiger charge is -2.19. The maximum Gasteiger partial charge on any atom is 0.0358 e. The van der Waals surface area contributed by atoms with E-state index in [2.05, 4.69) is 87.4 Å². The molecular weight excluding hydrogens is 378 g/mol. The first-order valence-corrected chi connectivity index (χ1v) is 8.28. The number of benzene rings is 2. The fraction of sp³-hybridized carbons (Fsp3) is 0.294. The first-order valence-electron chi connectivity index (χ1n) is 6.69. The zero-order chi connectivity index (χ0) is 14.7. The van der Waals surface area contributed by atoms with Gasteiger partial charge in [0.2, 0.25) is 0 Å². The second kappa shape index (κ2) is 6.88. The van der Waals surface area contributed by atoms with Crippen LogP contribution in [0.2, 0.25) is 0 Å². The number of rotatable bonds is 4. The number of halogens is 2. The fourth-order valence-corrected chi connectivity index (χ4v) is 3.14. The molecule has 0 amide bonds. The van der Waals surface area contributed by atoms with Gasteiger partial charge in [-0.05, 0) is 61.7 Å². The van der Waals surface area contributed by atoms with Gasteiger partial charge in [-0.2, -0.15) is 0 Å². The van der Waals surface area contributed by atoms with Crippen LogP contribution in [0.15, 0.2) is 45.3 Å². The van der Waals surface area contributed by atoms with Gasteiger partial charge >= 0.3 is 0 Å². The van der Waals surface area contributed by atoms with Crippen LogP contribution < -0.4 is 5.32 Å². The molecule has 106 valence electrons. The molecule has 3 heteroatoms. The molecule has 20 heavy (non-hydrogen) atoms. The van der Waals surface area contributed by atoms with Crippen LogP contribution in [0.1, 0.15) is 28.3 Å². The largest absolute Gasteiger partial charge is 0.313 e. The highest BCUT2D eigenvalue weighted by molar-refractivity contribution is 9.10. The molecule has 0 saturated heterocycles. The second-order valence-corrected chi connectivity index (χ2v) is 6.85. The number of hydrogen-bond donors (Lipinski definition) is 1. The molecular formula is C17H19Br2N. The van der Waals surface area contributed by atoms with Crippen molar-refractivity contribution in [1.29, 1.82) is 0 Å². The zero-order valence-corrected chi connectivity index (χ0v) is 15.2. The SMILES string of the molecule is CNC(Cc1cccc(Br)c1)c1cc(C)c(Br)c(C)c1. The molecule has 0 spiro atoms. The van der Waals surface area contributed by atoms with Crippen LogP contribution in [0.3, 0.4) is 0 Å². The summed E-state index contributed by atoms with van der Waals surface area (Å²) in [4.78, 5) is 0. The Hall–Kier alpha value is -0.640. The first kappa shape index (κ1) is 15.7. The maximum atomic E-state index is 3.63. The smallest absolute Gasteiger partial charge is 0.0358 e. The summed E-state index contributed by atoms with van der Waals surface area (Å²) in [6.45, 7) is 4.29. The predicted molar refractivity (Wildman–Crippen MR) is 93.3 cm³/mol. The molecule has 0 bridgehead atoms. The number of hydrogen-bond acceptors (Lipinski definition) is 1. The highest BCUT2D eigenvalue weighted by atomic mass is 79.9. The maximum absolute atomic E-state index is 3.63. The van der Waals surface area contributed by atoms with E-state index >= 15 is 0 Å². The third kappa shape index (κ3) is 3.72. The zero-order valence-electron chi connectivity index (χ0n) is 12.0. The molecule has 0 aliphatic carbocycles. The van der Waals surface area contributed by atoms with Crippen LogP contribution in [-0.2, 0) is 6.42 Å². The Morgan fingerprint density at radius 3 is 2.25 bits per heavy atom. The van der Waals surface area contributed by atoms with Crippen LogP contribution in [0.4, 0.5) is 0 Å². The van der Waals surface area contributed by atoms with E-state index in [1.807, 2.05) is 7.05 Å². The summed E-state index contributed by atoms with van der Waals surface area (Å²) < 4.78 is 2.34. The second-order valence-electron chi connectivity index (χ2n) is 5.14. The van der Waals surface area contributed by atoms with E-state index in [-0.39, 0.29) is 0 Å². The average molecular weight is 397 g/mol. The summed E-state index contributed by atoms with van der Waals surface area (Å²) in [5, 5.41) is 3.43. The normalized spacial score (nSPS) is 12.4. The third-order valence-corrected chi connectivity index (χ3v) is 5.28. The van der Waals surface area contributed by atoms with Crippen LogP contribution in [0.5, 0.6) is 0 Å². The van der Waals surface area contributed by atoms with E-state index in [9.17, 15) is 0 Å². The van der Waals surface area contributed by atoms with E-state index < -0.39 is 0 Å². The minimum absolute atomic E-state index is 0.329. The summed E-state index contributed by atoms with van der Waals surface area (Å²) in [6, 6.07) is 13.4. The van der Waals surface area contributed by atoms with Gasteiger partial charge in [0, 0.05) is 15.0 Å². The van der Waals surface area contributed by atoms with Gasteiger partial charge in [-0.3, -0.25) is 0 Å². The van der Waals surface area contributed by atoms with E-state index in [4.69, 9.17) is 0 Å². The molecule has 1 N–H and O–H groups in total. The molecule has 2 rings (SSSR count). The molecule has 0 aromatic heterocycles. The van der Waals surface area contributed by atoms with Gasteiger partial charge < -0.3 is 5.32 Å². The van der Waals surface area contributed by atoms with Crippen molar-refractivity contribution in [2.45, 2.75) is 26.3 Å². The Bertz CT molecular complexity index is 585. The molecule has 0 aliphatic heterocycles. The van der Waals surface area contributed by atoms with Crippen LogP contribution >= 0.6 is 31.9 Å². The van der Waals surface area contributed by atoms with Gasteiger partial charge in [0.05, 0.1) is 0 Å². The van der Waals surface area contributed by atoms with Crippen LogP contribution in [0, 0.1) is 13.8 Å². The Kier molecular flexibility index (Phi) is 5.42. The average Bonchev–Trinajstić information content (AvgIpc) is 2.41. The van der Waals surface area contributed by atoms with Gasteiger partial charge in [-0.25, -0.2) is 0 Å². The highest BCUT2D eigenvalue weighted by Crippen LogP contribution is 2.27.